The van der Waals surface area contributed by atoms with Gasteiger partial charge in [0.1, 0.15) is 11.5 Å². The minimum absolute atomic E-state index is 0.0576. The molecule has 106 valence electrons. The van der Waals surface area contributed by atoms with Gasteiger partial charge in [0.2, 0.25) is 0 Å². The molecule has 0 unspecified atom stereocenters. The molecule has 0 saturated carbocycles. The molecule has 2 aromatic carbocycles. The Hall–Kier alpha value is -2.55. The normalized spacial score (nSPS) is 15.9. The van der Waals surface area contributed by atoms with Gasteiger partial charge >= 0.3 is 0 Å². The van der Waals surface area contributed by atoms with Gasteiger partial charge in [-0.1, -0.05) is 12.1 Å². The van der Waals surface area contributed by atoms with Crippen molar-refractivity contribution in [3.63, 3.8) is 0 Å². The Morgan fingerprint density at radius 3 is 2.76 bits per heavy atom. The molecular weight excluding hydrogens is 264 g/mol. The van der Waals surface area contributed by atoms with Gasteiger partial charge in [-0.3, -0.25) is 4.79 Å². The summed E-state index contributed by atoms with van der Waals surface area (Å²) >= 11 is 0. The van der Waals surface area contributed by atoms with Crippen molar-refractivity contribution in [2.24, 2.45) is 0 Å². The molecule has 3 heteroatoms. The third kappa shape index (κ3) is 2.68. The zero-order valence-electron chi connectivity index (χ0n) is 11.8. The highest BCUT2D eigenvalue weighted by Crippen LogP contribution is 2.29. The third-order valence-electron chi connectivity index (χ3n) is 3.72. The van der Waals surface area contributed by atoms with Crippen LogP contribution in [0.2, 0.25) is 0 Å². The minimum Gasteiger partial charge on any atom is -0.508 e. The largest absolute Gasteiger partial charge is 0.508 e. The molecule has 0 atom stereocenters. The highest BCUT2D eigenvalue weighted by molar-refractivity contribution is 6.13. The molecule has 3 rings (SSSR count). The average Bonchev–Trinajstić information content (AvgIpc) is 2.50. The second-order valence-corrected chi connectivity index (χ2v) is 5.12. The first-order valence-corrected chi connectivity index (χ1v) is 6.88. The predicted molar refractivity (Wildman–Crippen MR) is 81.7 cm³/mol. The lowest BCUT2D eigenvalue weighted by Crippen LogP contribution is -2.14. The van der Waals surface area contributed by atoms with Crippen LogP contribution in [-0.2, 0) is 6.42 Å². The van der Waals surface area contributed by atoms with Crippen molar-refractivity contribution >= 4 is 11.9 Å². The fraction of sp³-hybridized carbons (Fsp3) is 0.167. The molecule has 0 saturated heterocycles. The van der Waals surface area contributed by atoms with Crippen molar-refractivity contribution in [3.05, 3.63) is 64.7 Å². The third-order valence-corrected chi connectivity index (χ3v) is 3.72. The number of aromatic hydroxyl groups is 1. The van der Waals surface area contributed by atoms with Gasteiger partial charge in [0, 0.05) is 11.1 Å². The molecule has 0 aliphatic heterocycles. The molecule has 0 spiro atoms. The van der Waals surface area contributed by atoms with Crippen LogP contribution in [0.4, 0.5) is 0 Å². The van der Waals surface area contributed by atoms with E-state index in [-0.39, 0.29) is 11.5 Å². The zero-order valence-corrected chi connectivity index (χ0v) is 11.8. The number of fused-ring (bicyclic) bond motifs is 1. The summed E-state index contributed by atoms with van der Waals surface area (Å²) in [4.78, 5) is 12.5. The summed E-state index contributed by atoms with van der Waals surface area (Å²) in [5.41, 5.74) is 3.40. The van der Waals surface area contributed by atoms with Gasteiger partial charge in [0.15, 0.2) is 5.78 Å². The number of ketones is 1. The standard InChI is InChI=1S/C18H16O3/c1-21-16-7-8-17-13(11-16)5-6-14(18(17)20)9-12-3-2-4-15(19)10-12/h2-4,7-11,19H,5-6H2,1H3. The van der Waals surface area contributed by atoms with Crippen LogP contribution in [0.1, 0.15) is 27.9 Å². The molecule has 0 heterocycles. The molecule has 1 N–H and O–H groups in total. The molecule has 1 aliphatic rings. The topological polar surface area (TPSA) is 46.5 Å². The predicted octanol–water partition coefficient (Wildman–Crippen LogP) is 3.61. The zero-order chi connectivity index (χ0) is 14.8. The van der Waals surface area contributed by atoms with Gasteiger partial charge in [0.25, 0.3) is 0 Å². The highest BCUT2D eigenvalue weighted by atomic mass is 16.5. The summed E-state index contributed by atoms with van der Waals surface area (Å²) < 4.78 is 5.20. The smallest absolute Gasteiger partial charge is 0.189 e. The lowest BCUT2D eigenvalue weighted by molar-refractivity contribution is 0.102. The number of methoxy groups -OCH3 is 1. The SMILES string of the molecule is COc1ccc2c(c1)CCC(=Cc1cccc(O)c1)C2=O. The lowest BCUT2D eigenvalue weighted by Gasteiger charge is -2.18. The molecule has 2 aromatic rings. The first-order valence-electron chi connectivity index (χ1n) is 6.88. The van der Waals surface area contributed by atoms with Crippen LogP contribution in [0.5, 0.6) is 11.5 Å². The van der Waals surface area contributed by atoms with Gasteiger partial charge in [-0.15, -0.1) is 0 Å². The van der Waals surface area contributed by atoms with Crippen LogP contribution in [0, 0.1) is 0 Å². The van der Waals surface area contributed by atoms with E-state index in [2.05, 4.69) is 0 Å². The molecule has 0 radical (unpaired) electrons. The van der Waals surface area contributed by atoms with Gasteiger partial charge in [-0.25, -0.2) is 0 Å². The molecule has 0 amide bonds. The summed E-state index contributed by atoms with van der Waals surface area (Å²) in [6, 6.07) is 12.5. The molecule has 3 nitrogen and oxygen atoms in total. The summed E-state index contributed by atoms with van der Waals surface area (Å²) in [5, 5.41) is 9.50. The first-order chi connectivity index (χ1) is 10.2. The van der Waals surface area contributed by atoms with Crippen molar-refractivity contribution < 1.29 is 14.6 Å². The van der Waals surface area contributed by atoms with Crippen LogP contribution in [0.3, 0.4) is 0 Å². The maximum atomic E-state index is 12.5. The number of Topliss-reactive ketones (excluding diaryl/α,β-unsaturated/α-hetero) is 1. The van der Waals surface area contributed by atoms with Crippen LogP contribution in [0.15, 0.2) is 48.0 Å². The minimum atomic E-state index is 0.0576. The second-order valence-electron chi connectivity index (χ2n) is 5.12. The van der Waals surface area contributed by atoms with Crippen molar-refractivity contribution in [3.8, 4) is 11.5 Å². The molecule has 21 heavy (non-hydrogen) atoms. The summed E-state index contributed by atoms with van der Waals surface area (Å²) in [7, 11) is 1.62. The van der Waals surface area contributed by atoms with E-state index >= 15 is 0 Å². The second kappa shape index (κ2) is 5.44. The van der Waals surface area contributed by atoms with Crippen LogP contribution >= 0.6 is 0 Å². The Balaban J connectivity index is 1.95. The average molecular weight is 280 g/mol. The number of phenolic OH excluding ortho intramolecular Hbond substituents is 1. The molecule has 1 aliphatic carbocycles. The van der Waals surface area contributed by atoms with E-state index in [0.29, 0.717) is 6.42 Å². The number of hydrogen-bond acceptors (Lipinski definition) is 3. The Bertz CT molecular complexity index is 729. The number of rotatable bonds is 2. The number of phenols is 1. The monoisotopic (exact) mass is 280 g/mol. The van der Waals surface area contributed by atoms with E-state index in [4.69, 9.17) is 4.74 Å². The van der Waals surface area contributed by atoms with Crippen LogP contribution in [0.25, 0.3) is 6.08 Å². The molecule has 0 fully saturated rings. The number of aryl methyl sites for hydroxylation is 1. The van der Waals surface area contributed by atoms with Crippen LogP contribution in [-0.4, -0.2) is 18.0 Å². The first kappa shape index (κ1) is 13.4. The van der Waals surface area contributed by atoms with Crippen molar-refractivity contribution in [2.75, 3.05) is 7.11 Å². The molecule has 0 aromatic heterocycles. The number of hydrogen-bond donors (Lipinski definition) is 1. The number of carbonyl (C=O) groups excluding carboxylic acids is 1. The summed E-state index contributed by atoms with van der Waals surface area (Å²) in [6.07, 6.45) is 3.38. The van der Waals surface area contributed by atoms with E-state index < -0.39 is 0 Å². The Labute approximate surface area is 123 Å². The van der Waals surface area contributed by atoms with E-state index in [1.165, 1.54) is 0 Å². The maximum Gasteiger partial charge on any atom is 0.189 e. The number of benzene rings is 2. The van der Waals surface area contributed by atoms with Gasteiger partial charge in [-0.2, -0.15) is 0 Å². The number of ether oxygens (including phenoxy) is 1. The van der Waals surface area contributed by atoms with E-state index in [9.17, 15) is 9.90 Å². The van der Waals surface area contributed by atoms with Crippen molar-refractivity contribution in [1.82, 2.24) is 0 Å². The maximum absolute atomic E-state index is 12.5. The van der Waals surface area contributed by atoms with Gasteiger partial charge in [-0.05, 0) is 60.4 Å². The number of allylic oxidation sites excluding steroid dienone is 1. The molecule has 0 bridgehead atoms. The van der Waals surface area contributed by atoms with Crippen molar-refractivity contribution in [2.45, 2.75) is 12.8 Å². The molecular formula is C18H16O3. The summed E-state index contributed by atoms with van der Waals surface area (Å²) in [6.45, 7) is 0. The lowest BCUT2D eigenvalue weighted by atomic mass is 9.86. The Kier molecular flexibility index (Phi) is 3.48. The van der Waals surface area contributed by atoms with Crippen molar-refractivity contribution in [1.29, 1.82) is 0 Å². The Morgan fingerprint density at radius 1 is 1.14 bits per heavy atom. The Morgan fingerprint density at radius 2 is 2.00 bits per heavy atom. The van der Waals surface area contributed by atoms with Gasteiger partial charge < -0.3 is 9.84 Å². The van der Waals surface area contributed by atoms with E-state index in [1.54, 1.807) is 25.3 Å². The van der Waals surface area contributed by atoms with Gasteiger partial charge in [0.05, 0.1) is 7.11 Å². The van der Waals surface area contributed by atoms with Crippen LogP contribution < -0.4 is 4.74 Å². The highest BCUT2D eigenvalue weighted by Gasteiger charge is 2.22. The quantitative estimate of drug-likeness (QED) is 0.855. The summed E-state index contributed by atoms with van der Waals surface area (Å²) in [5.74, 6) is 1.04. The number of carbonyl (C=O) groups is 1. The fourth-order valence-corrected chi connectivity index (χ4v) is 2.63. The van der Waals surface area contributed by atoms with E-state index in [1.807, 2.05) is 30.3 Å². The fourth-order valence-electron chi connectivity index (χ4n) is 2.63. The van der Waals surface area contributed by atoms with E-state index in [0.717, 1.165) is 34.4 Å².